The van der Waals surface area contributed by atoms with E-state index in [-0.39, 0.29) is 12.1 Å². The molecule has 0 aromatic heterocycles. The third-order valence-corrected chi connectivity index (χ3v) is 4.23. The van der Waals surface area contributed by atoms with Crippen LogP contribution in [-0.2, 0) is 9.31 Å². The van der Waals surface area contributed by atoms with Crippen LogP contribution in [0.4, 0.5) is 8.78 Å². The fraction of sp³-hybridized carbons (Fsp3) is 0.467. The zero-order valence-corrected chi connectivity index (χ0v) is 13.5. The Bertz CT molecular complexity index is 652. The monoisotopic (exact) mass is 321 g/mol. The number of azide groups is 1. The van der Waals surface area contributed by atoms with Crippen molar-refractivity contribution in [2.45, 2.75) is 38.9 Å². The van der Waals surface area contributed by atoms with Crippen molar-refractivity contribution >= 4 is 12.7 Å². The minimum absolute atomic E-state index is 0.112. The van der Waals surface area contributed by atoms with Gasteiger partial charge in [0.15, 0.2) is 0 Å². The van der Waals surface area contributed by atoms with Crippen LogP contribution in [-0.4, -0.2) is 24.9 Å². The van der Waals surface area contributed by atoms with Gasteiger partial charge in [-0.1, -0.05) is 17.2 Å². The fourth-order valence-corrected chi connectivity index (χ4v) is 2.15. The third kappa shape index (κ3) is 3.55. The van der Waals surface area contributed by atoms with Gasteiger partial charge in [-0.15, -0.1) is 0 Å². The van der Waals surface area contributed by atoms with Gasteiger partial charge >= 0.3 is 7.12 Å². The van der Waals surface area contributed by atoms with Crippen LogP contribution in [0, 0.1) is 5.82 Å². The van der Waals surface area contributed by atoms with E-state index < -0.39 is 29.9 Å². The smallest absolute Gasteiger partial charge is 0.398 e. The van der Waals surface area contributed by atoms with E-state index in [9.17, 15) is 8.78 Å². The highest BCUT2D eigenvalue weighted by Gasteiger charge is 2.53. The Morgan fingerprint density at radius 3 is 2.17 bits per heavy atom. The van der Waals surface area contributed by atoms with Crippen LogP contribution in [0.5, 0.6) is 0 Å². The van der Waals surface area contributed by atoms with Crippen LogP contribution in [0.25, 0.3) is 16.0 Å². The fourth-order valence-electron chi connectivity index (χ4n) is 2.15. The Hall–Kier alpha value is -1.89. The Labute approximate surface area is 134 Å². The van der Waals surface area contributed by atoms with Crippen LogP contribution in [0.2, 0.25) is 0 Å². The van der Waals surface area contributed by atoms with Gasteiger partial charge in [-0.25, -0.2) is 8.78 Å². The summed E-state index contributed by atoms with van der Waals surface area (Å²) in [7, 11) is -1.20. The Kier molecular flexibility index (Phi) is 4.80. The zero-order valence-electron chi connectivity index (χ0n) is 13.5. The first-order chi connectivity index (χ1) is 10.7. The summed E-state index contributed by atoms with van der Waals surface area (Å²) in [5.41, 5.74) is 6.97. The summed E-state index contributed by atoms with van der Waals surface area (Å²) in [6, 6.07) is 5.26. The number of hydrogen-bond donors (Lipinski definition) is 0. The first-order valence-electron chi connectivity index (χ1n) is 7.19. The van der Waals surface area contributed by atoms with E-state index in [2.05, 4.69) is 10.0 Å². The molecule has 1 aromatic carbocycles. The minimum Gasteiger partial charge on any atom is -0.398 e. The summed E-state index contributed by atoms with van der Waals surface area (Å²) in [6.45, 7) is 7.02. The maximum atomic E-state index is 14.9. The van der Waals surface area contributed by atoms with Crippen LogP contribution >= 0.6 is 0 Å². The SMILES string of the molecule is CC1(C)OB(C(F)=C(CN=[N+]=[N-])c2ccc(F)cc2)OC1(C)C. The molecule has 0 aliphatic carbocycles. The average molecular weight is 321 g/mol. The van der Waals surface area contributed by atoms with E-state index in [1.165, 1.54) is 24.3 Å². The molecule has 5 nitrogen and oxygen atoms in total. The molecule has 0 atom stereocenters. The molecule has 0 spiro atoms. The van der Waals surface area contributed by atoms with E-state index in [1.54, 1.807) is 0 Å². The van der Waals surface area contributed by atoms with Crippen molar-refractivity contribution in [1.82, 2.24) is 0 Å². The van der Waals surface area contributed by atoms with Crippen molar-refractivity contribution in [2.24, 2.45) is 5.11 Å². The minimum atomic E-state index is -1.20. The topological polar surface area (TPSA) is 67.2 Å². The third-order valence-electron chi connectivity index (χ3n) is 4.23. The molecule has 0 N–H and O–H groups in total. The molecule has 8 heteroatoms. The van der Waals surface area contributed by atoms with E-state index in [0.29, 0.717) is 5.56 Å². The Morgan fingerprint density at radius 2 is 1.70 bits per heavy atom. The average Bonchev–Trinajstić information content (AvgIpc) is 2.69. The number of benzene rings is 1. The summed E-state index contributed by atoms with van der Waals surface area (Å²) in [6.07, 6.45) is 0. The molecule has 122 valence electrons. The highest BCUT2D eigenvalue weighted by atomic mass is 19.1. The lowest BCUT2D eigenvalue weighted by Crippen LogP contribution is -2.41. The normalized spacial score (nSPS) is 20.0. The Balaban J connectivity index is 2.42. The van der Waals surface area contributed by atoms with Crippen molar-refractivity contribution in [3.63, 3.8) is 0 Å². The van der Waals surface area contributed by atoms with Crippen LogP contribution in [0.1, 0.15) is 33.3 Å². The van der Waals surface area contributed by atoms with Gasteiger partial charge < -0.3 is 9.31 Å². The predicted octanol–water partition coefficient (Wildman–Crippen LogP) is 4.45. The Morgan fingerprint density at radius 1 is 1.17 bits per heavy atom. The van der Waals surface area contributed by atoms with Crippen molar-refractivity contribution in [3.05, 3.63) is 51.8 Å². The number of hydrogen-bond acceptors (Lipinski definition) is 3. The highest BCUT2D eigenvalue weighted by molar-refractivity contribution is 6.55. The molecule has 2 rings (SSSR count). The molecule has 1 aliphatic heterocycles. The predicted molar refractivity (Wildman–Crippen MR) is 84.5 cm³/mol. The van der Waals surface area contributed by atoms with Crippen molar-refractivity contribution < 1.29 is 18.1 Å². The van der Waals surface area contributed by atoms with E-state index in [1.807, 2.05) is 27.7 Å². The molecule has 0 amide bonds. The molecule has 1 aromatic rings. The maximum absolute atomic E-state index is 14.9. The van der Waals surface area contributed by atoms with Gasteiger partial charge in [0.2, 0.25) is 0 Å². The summed E-state index contributed by atoms with van der Waals surface area (Å²) >= 11 is 0. The van der Waals surface area contributed by atoms with Crippen molar-refractivity contribution in [1.29, 1.82) is 0 Å². The quantitative estimate of drug-likeness (QED) is 0.356. The molecule has 0 unspecified atom stereocenters. The molecule has 0 bridgehead atoms. The molecular formula is C15H18BF2N3O2. The van der Waals surface area contributed by atoms with E-state index >= 15 is 0 Å². The zero-order chi connectivity index (χ0) is 17.3. The summed E-state index contributed by atoms with van der Waals surface area (Å²) in [4.78, 5) is 2.65. The number of halogens is 2. The van der Waals surface area contributed by atoms with Gasteiger partial charge in [-0.2, -0.15) is 0 Å². The van der Waals surface area contributed by atoms with Gasteiger partial charge in [0.05, 0.1) is 17.7 Å². The van der Waals surface area contributed by atoms with Gasteiger partial charge in [-0.05, 0) is 56.5 Å². The van der Waals surface area contributed by atoms with Gasteiger partial charge in [0.25, 0.3) is 0 Å². The second-order valence-electron chi connectivity index (χ2n) is 6.31. The summed E-state index contributed by atoms with van der Waals surface area (Å²) < 4.78 is 39.3. The van der Waals surface area contributed by atoms with E-state index in [4.69, 9.17) is 14.8 Å². The summed E-state index contributed by atoms with van der Waals surface area (Å²) in [5.74, 6) is -0.437. The summed E-state index contributed by atoms with van der Waals surface area (Å²) in [5, 5.41) is 3.41. The molecule has 0 saturated carbocycles. The number of rotatable bonds is 4. The van der Waals surface area contributed by atoms with Crippen LogP contribution < -0.4 is 0 Å². The first kappa shape index (κ1) is 17.5. The molecule has 1 aliphatic rings. The van der Waals surface area contributed by atoms with E-state index in [0.717, 1.165) is 0 Å². The molecule has 23 heavy (non-hydrogen) atoms. The molecule has 1 saturated heterocycles. The van der Waals surface area contributed by atoms with Gasteiger partial charge in [-0.3, -0.25) is 0 Å². The largest absolute Gasteiger partial charge is 0.525 e. The molecule has 1 fully saturated rings. The standard InChI is InChI=1S/C15H18BF2N3O2/c1-14(2)15(3,4)23-16(22-14)13(18)12(9-20-21-19)10-5-7-11(17)8-6-10/h5-8H,9H2,1-4H3. The molecular weight excluding hydrogens is 303 g/mol. The number of nitrogens with zero attached hydrogens (tertiary/aromatic N) is 3. The van der Waals surface area contributed by atoms with Crippen LogP contribution in [0.3, 0.4) is 0 Å². The van der Waals surface area contributed by atoms with Crippen molar-refractivity contribution in [2.75, 3.05) is 6.54 Å². The van der Waals surface area contributed by atoms with Gasteiger partial charge in [0, 0.05) is 4.91 Å². The lowest BCUT2D eigenvalue weighted by Gasteiger charge is -2.32. The van der Waals surface area contributed by atoms with Crippen LogP contribution in [0.15, 0.2) is 35.1 Å². The lowest BCUT2D eigenvalue weighted by molar-refractivity contribution is 0.00578. The lowest BCUT2D eigenvalue weighted by atomic mass is 9.82. The second kappa shape index (κ2) is 6.32. The van der Waals surface area contributed by atoms with Crippen molar-refractivity contribution in [3.8, 4) is 0 Å². The maximum Gasteiger partial charge on any atom is 0.525 e. The molecule has 0 radical (unpaired) electrons. The van der Waals surface area contributed by atoms with Gasteiger partial charge in [0.1, 0.15) is 11.5 Å². The second-order valence-corrected chi connectivity index (χ2v) is 6.31. The molecule has 1 heterocycles. The first-order valence-corrected chi connectivity index (χ1v) is 7.19. The highest BCUT2D eigenvalue weighted by Crippen LogP contribution is 2.40.